The second-order valence-corrected chi connectivity index (χ2v) is 10.9. The fourth-order valence-corrected chi connectivity index (χ4v) is 5.27. The molecule has 31 heavy (non-hydrogen) atoms. The lowest BCUT2D eigenvalue weighted by molar-refractivity contribution is 0.286. The Morgan fingerprint density at radius 2 is 1.71 bits per heavy atom. The van der Waals surface area contributed by atoms with E-state index in [2.05, 4.69) is 31.0 Å². The van der Waals surface area contributed by atoms with Crippen molar-refractivity contribution in [1.82, 2.24) is 14.5 Å². The van der Waals surface area contributed by atoms with Crippen LogP contribution < -0.4 is 0 Å². The second-order valence-electron chi connectivity index (χ2n) is 8.93. The Labute approximate surface area is 182 Å². The van der Waals surface area contributed by atoms with Crippen molar-refractivity contribution in [1.29, 1.82) is 0 Å². The summed E-state index contributed by atoms with van der Waals surface area (Å²) in [5.74, 6) is 0.182. The van der Waals surface area contributed by atoms with Gasteiger partial charge in [-0.25, -0.2) is 12.8 Å². The summed E-state index contributed by atoms with van der Waals surface area (Å²) in [5.41, 5.74) is 1.67. The SMILES string of the molecule is CC(C)(C)c1ccc(S(=O)(=O)N2CCCC(c3nnc(-c4ccc(F)cc4)o3)C2)cc1. The topological polar surface area (TPSA) is 76.3 Å². The minimum absolute atomic E-state index is 0.0430. The van der Waals surface area contributed by atoms with Gasteiger partial charge in [-0.1, -0.05) is 32.9 Å². The molecule has 1 atom stereocenters. The van der Waals surface area contributed by atoms with Crippen molar-refractivity contribution in [3.63, 3.8) is 0 Å². The van der Waals surface area contributed by atoms with Crippen LogP contribution in [0.1, 0.15) is 51.0 Å². The van der Waals surface area contributed by atoms with Gasteiger partial charge in [-0.3, -0.25) is 0 Å². The highest BCUT2D eigenvalue weighted by Crippen LogP contribution is 2.32. The molecule has 1 aliphatic heterocycles. The standard InChI is InChI=1S/C23H26FN3O3S/c1-23(2,3)18-8-12-20(13-9-18)31(28,29)27-14-4-5-17(15-27)22-26-25-21(30-22)16-6-10-19(24)11-7-16/h6-13,17H,4-5,14-15H2,1-3H3. The fourth-order valence-electron chi connectivity index (χ4n) is 3.75. The molecule has 6 nitrogen and oxygen atoms in total. The molecule has 1 fully saturated rings. The second kappa shape index (κ2) is 8.16. The number of hydrogen-bond acceptors (Lipinski definition) is 5. The quantitative estimate of drug-likeness (QED) is 0.582. The Kier molecular flexibility index (Phi) is 5.70. The minimum atomic E-state index is -3.61. The molecule has 1 unspecified atom stereocenters. The summed E-state index contributed by atoms with van der Waals surface area (Å²) in [6.45, 7) is 7.02. The Morgan fingerprint density at radius 1 is 1.03 bits per heavy atom. The first-order valence-corrected chi connectivity index (χ1v) is 11.8. The summed E-state index contributed by atoms with van der Waals surface area (Å²) in [4.78, 5) is 0.290. The van der Waals surface area contributed by atoms with Gasteiger partial charge < -0.3 is 4.42 Å². The zero-order chi connectivity index (χ0) is 22.2. The van der Waals surface area contributed by atoms with Crippen LogP contribution in [0.2, 0.25) is 0 Å². The molecule has 1 saturated heterocycles. The van der Waals surface area contributed by atoms with Gasteiger partial charge in [-0.2, -0.15) is 4.31 Å². The number of piperidine rings is 1. The van der Waals surface area contributed by atoms with Crippen LogP contribution in [-0.4, -0.2) is 36.0 Å². The zero-order valence-electron chi connectivity index (χ0n) is 17.9. The third kappa shape index (κ3) is 4.55. The van der Waals surface area contributed by atoms with Gasteiger partial charge in [-0.05, 0) is 60.2 Å². The summed E-state index contributed by atoms with van der Waals surface area (Å²) < 4.78 is 46.9. The molecule has 0 saturated carbocycles. The lowest BCUT2D eigenvalue weighted by atomic mass is 9.87. The Morgan fingerprint density at radius 3 is 2.35 bits per heavy atom. The highest BCUT2D eigenvalue weighted by molar-refractivity contribution is 7.89. The van der Waals surface area contributed by atoms with Gasteiger partial charge in [0, 0.05) is 18.7 Å². The number of rotatable bonds is 4. The average Bonchev–Trinajstić information content (AvgIpc) is 3.24. The summed E-state index contributed by atoms with van der Waals surface area (Å²) in [7, 11) is -3.61. The molecule has 3 aromatic rings. The lowest BCUT2D eigenvalue weighted by Gasteiger charge is -2.30. The van der Waals surface area contributed by atoms with Crippen LogP contribution in [0.5, 0.6) is 0 Å². The molecule has 4 rings (SSSR count). The maximum Gasteiger partial charge on any atom is 0.247 e. The van der Waals surface area contributed by atoms with Gasteiger partial charge in [0.1, 0.15) is 5.82 Å². The summed E-state index contributed by atoms with van der Waals surface area (Å²) in [5, 5.41) is 8.20. The number of aromatic nitrogens is 2. The van der Waals surface area contributed by atoms with Crippen molar-refractivity contribution >= 4 is 10.0 Å². The molecular formula is C23H26FN3O3S. The number of hydrogen-bond donors (Lipinski definition) is 0. The van der Waals surface area contributed by atoms with E-state index >= 15 is 0 Å². The van der Waals surface area contributed by atoms with E-state index in [0.717, 1.165) is 12.0 Å². The monoisotopic (exact) mass is 443 g/mol. The van der Waals surface area contributed by atoms with E-state index in [-0.39, 0.29) is 23.7 Å². The lowest BCUT2D eigenvalue weighted by Crippen LogP contribution is -2.39. The molecule has 164 valence electrons. The van der Waals surface area contributed by atoms with Crippen molar-refractivity contribution in [2.24, 2.45) is 0 Å². The summed E-state index contributed by atoms with van der Waals surface area (Å²) in [6, 6.07) is 12.9. The molecule has 0 spiro atoms. The largest absolute Gasteiger partial charge is 0.420 e. The van der Waals surface area contributed by atoms with Gasteiger partial charge in [0.15, 0.2) is 0 Å². The molecule has 0 bridgehead atoms. The van der Waals surface area contributed by atoms with E-state index < -0.39 is 10.0 Å². The zero-order valence-corrected chi connectivity index (χ0v) is 18.7. The molecule has 2 heterocycles. The molecule has 1 aliphatic rings. The normalized spacial score (nSPS) is 18.3. The van der Waals surface area contributed by atoms with Crippen molar-refractivity contribution in [3.05, 3.63) is 65.8 Å². The fraction of sp³-hybridized carbons (Fsp3) is 0.391. The van der Waals surface area contributed by atoms with E-state index in [1.807, 2.05) is 12.1 Å². The van der Waals surface area contributed by atoms with Crippen LogP contribution in [0.25, 0.3) is 11.5 Å². The molecule has 0 amide bonds. The molecule has 0 aliphatic carbocycles. The van der Waals surface area contributed by atoms with Gasteiger partial charge in [0.25, 0.3) is 0 Å². The highest BCUT2D eigenvalue weighted by atomic mass is 32.2. The van der Waals surface area contributed by atoms with Crippen molar-refractivity contribution in [2.45, 2.75) is 49.8 Å². The molecule has 8 heteroatoms. The Bertz CT molecular complexity index is 1150. The predicted molar refractivity (Wildman–Crippen MR) is 116 cm³/mol. The number of sulfonamides is 1. The van der Waals surface area contributed by atoms with Crippen molar-refractivity contribution in [3.8, 4) is 11.5 Å². The van der Waals surface area contributed by atoms with Gasteiger partial charge >= 0.3 is 0 Å². The first kappa shape index (κ1) is 21.6. The van der Waals surface area contributed by atoms with Gasteiger partial charge in [0.05, 0.1) is 10.8 Å². The van der Waals surface area contributed by atoms with E-state index in [1.165, 1.54) is 16.4 Å². The highest BCUT2D eigenvalue weighted by Gasteiger charge is 2.33. The molecule has 1 aromatic heterocycles. The smallest absolute Gasteiger partial charge is 0.247 e. The number of benzene rings is 2. The van der Waals surface area contributed by atoms with Crippen molar-refractivity contribution < 1.29 is 17.2 Å². The molecule has 2 aromatic carbocycles. The average molecular weight is 444 g/mol. The predicted octanol–water partition coefficient (Wildman–Crippen LogP) is 4.74. The van der Waals surface area contributed by atoms with E-state index in [1.54, 1.807) is 24.3 Å². The third-order valence-electron chi connectivity index (χ3n) is 5.62. The molecule has 0 N–H and O–H groups in total. The first-order valence-electron chi connectivity index (χ1n) is 10.3. The summed E-state index contributed by atoms with van der Waals surface area (Å²) >= 11 is 0. The van der Waals surface area contributed by atoms with Crippen LogP contribution in [-0.2, 0) is 15.4 Å². The van der Waals surface area contributed by atoms with Crippen LogP contribution in [0.15, 0.2) is 57.8 Å². The van der Waals surface area contributed by atoms with Crippen LogP contribution >= 0.6 is 0 Å². The summed E-state index contributed by atoms with van der Waals surface area (Å²) in [6.07, 6.45) is 1.47. The van der Waals surface area contributed by atoms with Crippen LogP contribution in [0, 0.1) is 5.82 Å². The number of nitrogens with zero attached hydrogens (tertiary/aromatic N) is 3. The first-order chi connectivity index (χ1) is 14.6. The minimum Gasteiger partial charge on any atom is -0.420 e. The Hall–Kier alpha value is -2.58. The molecule has 0 radical (unpaired) electrons. The van der Waals surface area contributed by atoms with Crippen molar-refractivity contribution in [2.75, 3.05) is 13.1 Å². The Balaban J connectivity index is 1.52. The van der Waals surface area contributed by atoms with Gasteiger partial charge in [0.2, 0.25) is 21.8 Å². The van der Waals surface area contributed by atoms with E-state index in [9.17, 15) is 12.8 Å². The maximum absolute atomic E-state index is 13.2. The molecular weight excluding hydrogens is 417 g/mol. The van der Waals surface area contributed by atoms with Crippen LogP contribution in [0.3, 0.4) is 0 Å². The maximum atomic E-state index is 13.2. The van der Waals surface area contributed by atoms with Crippen LogP contribution in [0.4, 0.5) is 4.39 Å². The number of halogens is 1. The van der Waals surface area contributed by atoms with E-state index in [0.29, 0.717) is 35.2 Å². The van der Waals surface area contributed by atoms with E-state index in [4.69, 9.17) is 4.42 Å². The third-order valence-corrected chi connectivity index (χ3v) is 7.50. The van der Waals surface area contributed by atoms with Gasteiger partial charge in [-0.15, -0.1) is 10.2 Å².